The second-order valence-electron chi connectivity index (χ2n) is 3.61. The van der Waals surface area contributed by atoms with Crippen LogP contribution in [0.2, 0.25) is 0 Å². The van der Waals surface area contributed by atoms with Crippen molar-refractivity contribution >= 4 is 21.8 Å². The van der Waals surface area contributed by atoms with E-state index in [4.69, 9.17) is 0 Å². The number of hydrogen-bond acceptors (Lipinski definition) is 3. The normalized spacial score (nSPS) is 10.8. The second kappa shape index (κ2) is 3.86. The van der Waals surface area contributed by atoms with Crippen molar-refractivity contribution < 1.29 is 4.79 Å². The Bertz CT molecular complexity index is 536. The van der Waals surface area contributed by atoms with Crippen molar-refractivity contribution in [2.45, 2.75) is 13.8 Å². The quantitative estimate of drug-likeness (QED) is 0.800. The molecule has 0 aromatic carbocycles. The lowest BCUT2D eigenvalue weighted by Gasteiger charge is -2.03. The number of hydrogen-bond donors (Lipinski definition) is 0. The monoisotopic (exact) mass is 282 g/mol. The highest BCUT2D eigenvalue weighted by molar-refractivity contribution is 9.10. The molecule has 0 aliphatic heterocycles. The largest absolute Gasteiger partial charge is 0.297 e. The fraction of sp³-hybridized carbons (Fsp3) is 0.300. The van der Waals surface area contributed by atoms with Crippen LogP contribution in [-0.4, -0.2) is 25.5 Å². The molecule has 0 spiro atoms. The van der Waals surface area contributed by atoms with Crippen LogP contribution in [0.1, 0.15) is 21.9 Å². The summed E-state index contributed by atoms with van der Waals surface area (Å²) in [6.07, 6.45) is 1.60. The third-order valence-corrected chi connectivity index (χ3v) is 2.88. The van der Waals surface area contributed by atoms with Gasteiger partial charge in [-0.15, -0.1) is 0 Å². The number of aromatic nitrogens is 4. The molecule has 0 fully saturated rings. The fourth-order valence-electron chi connectivity index (χ4n) is 1.59. The van der Waals surface area contributed by atoms with Crippen LogP contribution in [-0.2, 0) is 7.05 Å². The van der Waals surface area contributed by atoms with Gasteiger partial charge < -0.3 is 0 Å². The van der Waals surface area contributed by atoms with Crippen molar-refractivity contribution in [1.82, 2.24) is 19.6 Å². The number of rotatable bonds is 1. The molecule has 84 valence electrons. The molecule has 0 saturated heterocycles. The van der Waals surface area contributed by atoms with Gasteiger partial charge in [-0.3, -0.25) is 9.48 Å². The van der Waals surface area contributed by atoms with E-state index < -0.39 is 0 Å². The smallest absolute Gasteiger partial charge is 0.265 e. The molecular formula is C10H11BrN4O. The summed E-state index contributed by atoms with van der Waals surface area (Å²) in [7, 11) is 1.73. The zero-order chi connectivity index (χ0) is 11.9. The van der Waals surface area contributed by atoms with E-state index in [0.717, 1.165) is 11.4 Å². The number of halogens is 1. The van der Waals surface area contributed by atoms with Gasteiger partial charge in [-0.25, -0.2) is 0 Å². The Labute approximate surface area is 101 Å². The van der Waals surface area contributed by atoms with Crippen LogP contribution >= 0.6 is 15.9 Å². The van der Waals surface area contributed by atoms with Crippen molar-refractivity contribution in [3.8, 4) is 0 Å². The van der Waals surface area contributed by atoms with Crippen LogP contribution < -0.4 is 0 Å². The van der Waals surface area contributed by atoms with Gasteiger partial charge in [0.2, 0.25) is 0 Å². The number of carbonyl (C=O) groups is 1. The van der Waals surface area contributed by atoms with Crippen LogP contribution in [0.3, 0.4) is 0 Å². The molecule has 0 unspecified atom stereocenters. The van der Waals surface area contributed by atoms with E-state index in [1.165, 1.54) is 9.36 Å². The molecule has 0 radical (unpaired) electrons. The molecule has 2 rings (SSSR count). The van der Waals surface area contributed by atoms with Gasteiger partial charge in [0, 0.05) is 12.7 Å². The first-order valence-electron chi connectivity index (χ1n) is 4.76. The zero-order valence-electron chi connectivity index (χ0n) is 9.23. The highest BCUT2D eigenvalue weighted by Crippen LogP contribution is 2.17. The van der Waals surface area contributed by atoms with Crippen LogP contribution in [0, 0.1) is 13.8 Å². The zero-order valence-corrected chi connectivity index (χ0v) is 10.8. The molecular weight excluding hydrogens is 272 g/mol. The van der Waals surface area contributed by atoms with Gasteiger partial charge in [-0.1, -0.05) is 0 Å². The maximum atomic E-state index is 12.2. The lowest BCUT2D eigenvalue weighted by Crippen LogP contribution is -2.19. The summed E-state index contributed by atoms with van der Waals surface area (Å²) in [5.41, 5.74) is 2.13. The molecule has 0 aliphatic rings. The van der Waals surface area contributed by atoms with Gasteiger partial charge in [0.25, 0.3) is 5.91 Å². The summed E-state index contributed by atoms with van der Waals surface area (Å²) in [6, 6.07) is 1.86. The summed E-state index contributed by atoms with van der Waals surface area (Å²) < 4.78 is 3.59. The Morgan fingerprint density at radius 1 is 1.44 bits per heavy atom. The number of nitrogens with zero attached hydrogens (tertiary/aromatic N) is 4. The molecule has 0 atom stereocenters. The van der Waals surface area contributed by atoms with Crippen molar-refractivity contribution in [3.05, 3.63) is 33.8 Å². The predicted molar refractivity (Wildman–Crippen MR) is 62.3 cm³/mol. The minimum atomic E-state index is -0.183. The first kappa shape index (κ1) is 11.1. The van der Waals surface area contributed by atoms with E-state index >= 15 is 0 Å². The maximum Gasteiger partial charge on any atom is 0.297 e. The molecule has 0 aliphatic carbocycles. The molecule has 16 heavy (non-hydrogen) atoms. The first-order chi connectivity index (χ1) is 7.50. The molecule has 0 N–H and O–H groups in total. The molecule has 5 nitrogen and oxygen atoms in total. The highest BCUT2D eigenvalue weighted by Gasteiger charge is 2.19. The molecule has 6 heteroatoms. The van der Waals surface area contributed by atoms with Gasteiger partial charge >= 0.3 is 0 Å². The predicted octanol–water partition coefficient (Wildman–Crippen LogP) is 1.68. The van der Waals surface area contributed by atoms with Crippen molar-refractivity contribution in [2.24, 2.45) is 7.05 Å². The van der Waals surface area contributed by atoms with Gasteiger partial charge in [-0.2, -0.15) is 14.9 Å². The van der Waals surface area contributed by atoms with Crippen LogP contribution in [0.15, 0.2) is 16.7 Å². The Morgan fingerprint density at radius 2 is 2.12 bits per heavy atom. The lowest BCUT2D eigenvalue weighted by molar-refractivity contribution is 0.0932. The van der Waals surface area contributed by atoms with Gasteiger partial charge in [0.05, 0.1) is 16.4 Å². The van der Waals surface area contributed by atoms with Crippen LogP contribution in [0.4, 0.5) is 0 Å². The van der Waals surface area contributed by atoms with Crippen LogP contribution in [0.25, 0.3) is 0 Å². The second-order valence-corrected chi connectivity index (χ2v) is 4.46. The molecule has 2 aromatic rings. The molecule has 0 amide bonds. The summed E-state index contributed by atoms with van der Waals surface area (Å²) in [6.45, 7) is 3.71. The van der Waals surface area contributed by atoms with E-state index in [9.17, 15) is 4.79 Å². The molecule has 2 aromatic heterocycles. The maximum absolute atomic E-state index is 12.2. The van der Waals surface area contributed by atoms with Crippen molar-refractivity contribution in [2.75, 3.05) is 0 Å². The lowest BCUT2D eigenvalue weighted by atomic mass is 10.3. The summed E-state index contributed by atoms with van der Waals surface area (Å²) in [4.78, 5) is 12.2. The van der Waals surface area contributed by atoms with Crippen molar-refractivity contribution in [3.63, 3.8) is 0 Å². The Hall–Kier alpha value is -1.43. The van der Waals surface area contributed by atoms with E-state index in [1.807, 2.05) is 19.9 Å². The topological polar surface area (TPSA) is 52.7 Å². The van der Waals surface area contributed by atoms with Crippen LogP contribution in [0.5, 0.6) is 0 Å². The van der Waals surface area contributed by atoms with E-state index in [0.29, 0.717) is 10.2 Å². The minimum absolute atomic E-state index is 0.183. The average Bonchev–Trinajstić information content (AvgIpc) is 2.70. The SMILES string of the molecule is Cc1cc(C)n(C(=O)c2c(Br)cnn2C)n1. The summed E-state index contributed by atoms with van der Waals surface area (Å²) >= 11 is 3.30. The third-order valence-electron chi connectivity index (χ3n) is 2.30. The Balaban J connectivity index is 2.51. The third kappa shape index (κ3) is 1.69. The Morgan fingerprint density at radius 3 is 2.56 bits per heavy atom. The fourth-order valence-corrected chi connectivity index (χ4v) is 2.10. The summed E-state index contributed by atoms with van der Waals surface area (Å²) in [5.74, 6) is -0.183. The summed E-state index contributed by atoms with van der Waals surface area (Å²) in [5, 5.41) is 8.16. The van der Waals surface area contributed by atoms with Gasteiger partial charge in [-0.05, 0) is 35.8 Å². The molecule has 2 heterocycles. The molecule has 0 bridgehead atoms. The Kier molecular flexibility index (Phi) is 2.67. The van der Waals surface area contributed by atoms with Gasteiger partial charge in [0.1, 0.15) is 5.69 Å². The van der Waals surface area contributed by atoms with E-state index in [1.54, 1.807) is 13.2 Å². The minimum Gasteiger partial charge on any atom is -0.265 e. The van der Waals surface area contributed by atoms with Gasteiger partial charge in [0.15, 0.2) is 0 Å². The number of carbonyl (C=O) groups excluding carboxylic acids is 1. The molecule has 0 saturated carbocycles. The van der Waals surface area contributed by atoms with Crippen molar-refractivity contribution in [1.29, 1.82) is 0 Å². The average molecular weight is 283 g/mol. The highest BCUT2D eigenvalue weighted by atomic mass is 79.9. The number of aryl methyl sites for hydroxylation is 3. The van der Waals surface area contributed by atoms with E-state index in [2.05, 4.69) is 26.1 Å². The standard InChI is InChI=1S/C10H11BrN4O/c1-6-4-7(2)15(13-6)10(16)9-8(11)5-12-14(9)3/h4-5H,1-3H3. The van der Waals surface area contributed by atoms with E-state index in [-0.39, 0.29) is 5.91 Å². The first-order valence-corrected chi connectivity index (χ1v) is 5.55.